The van der Waals surface area contributed by atoms with Gasteiger partial charge in [0.2, 0.25) is 11.0 Å². The Hall–Kier alpha value is -3.28. The zero-order chi connectivity index (χ0) is 22.8. The van der Waals surface area contributed by atoms with E-state index in [1.54, 1.807) is 12.1 Å². The van der Waals surface area contributed by atoms with Crippen molar-refractivity contribution in [1.29, 1.82) is 0 Å². The number of alkyl halides is 3. The average Bonchev–Trinajstić information content (AvgIpc) is 3.15. The Morgan fingerprint density at radius 2 is 1.97 bits per heavy atom. The molecule has 3 aromatic rings. The molecule has 0 unspecified atom stereocenters. The van der Waals surface area contributed by atoms with Gasteiger partial charge in [0, 0.05) is 25.5 Å². The molecule has 0 fully saturated rings. The van der Waals surface area contributed by atoms with Crippen molar-refractivity contribution >= 4 is 34.1 Å². The van der Waals surface area contributed by atoms with Crippen LogP contribution in [0.2, 0.25) is 0 Å². The van der Waals surface area contributed by atoms with Crippen LogP contribution in [-0.4, -0.2) is 38.4 Å². The molecule has 0 aliphatic carbocycles. The summed E-state index contributed by atoms with van der Waals surface area (Å²) in [6, 6.07) is 4.23. The van der Waals surface area contributed by atoms with E-state index >= 15 is 0 Å². The number of halogens is 3. The molecule has 1 N–H and O–H groups in total. The van der Waals surface area contributed by atoms with Gasteiger partial charge in [-0.25, -0.2) is 9.97 Å². The van der Waals surface area contributed by atoms with Crippen LogP contribution in [0, 0.1) is 0 Å². The maximum absolute atomic E-state index is 13.6. The van der Waals surface area contributed by atoms with Gasteiger partial charge in [0.05, 0.1) is 24.2 Å². The van der Waals surface area contributed by atoms with E-state index in [0.717, 1.165) is 22.5 Å². The predicted octanol–water partition coefficient (Wildman–Crippen LogP) is 4.53. The van der Waals surface area contributed by atoms with Crippen LogP contribution >= 0.6 is 11.5 Å². The van der Waals surface area contributed by atoms with Gasteiger partial charge in [0.15, 0.2) is 5.82 Å². The molecule has 0 aromatic carbocycles. The Kier molecular flexibility index (Phi) is 6.39. The van der Waals surface area contributed by atoms with Crippen molar-refractivity contribution in [3.8, 4) is 17.3 Å². The first-order chi connectivity index (χ1) is 14.5. The number of pyridine rings is 2. The number of amides is 1. The summed E-state index contributed by atoms with van der Waals surface area (Å²) in [7, 11) is 1.37. The summed E-state index contributed by atoms with van der Waals surface area (Å²) in [5, 5.41) is 2.68. The summed E-state index contributed by atoms with van der Waals surface area (Å²) in [5.74, 6) is -0.0155. The molecule has 0 aliphatic rings. The zero-order valence-electron chi connectivity index (χ0n) is 17.1. The number of carbonyl (C=O) groups is 1. The second-order valence-corrected chi connectivity index (χ2v) is 7.51. The van der Waals surface area contributed by atoms with Gasteiger partial charge >= 0.3 is 6.18 Å². The lowest BCUT2D eigenvalue weighted by Crippen LogP contribution is -2.24. The highest BCUT2D eigenvalue weighted by atomic mass is 32.1. The molecule has 0 bridgehead atoms. The number of carbonyl (C=O) groups excluding carboxylic acids is 1. The minimum Gasteiger partial charge on any atom is -0.489 e. The van der Waals surface area contributed by atoms with E-state index in [2.05, 4.69) is 24.6 Å². The van der Waals surface area contributed by atoms with Gasteiger partial charge in [-0.1, -0.05) is 0 Å². The molecule has 0 saturated carbocycles. The van der Waals surface area contributed by atoms with Gasteiger partial charge in [0.25, 0.3) is 0 Å². The van der Waals surface area contributed by atoms with Crippen LogP contribution in [0.15, 0.2) is 30.6 Å². The third-order valence-electron chi connectivity index (χ3n) is 4.03. The Morgan fingerprint density at radius 1 is 1.23 bits per heavy atom. The molecular formula is C19H19F3N6O2S. The van der Waals surface area contributed by atoms with Crippen molar-refractivity contribution in [3.05, 3.63) is 36.2 Å². The zero-order valence-corrected chi connectivity index (χ0v) is 17.9. The van der Waals surface area contributed by atoms with E-state index in [4.69, 9.17) is 4.74 Å². The molecule has 12 heteroatoms. The largest absolute Gasteiger partial charge is 0.489 e. The van der Waals surface area contributed by atoms with Crippen LogP contribution < -0.4 is 15.0 Å². The minimum atomic E-state index is -4.69. The van der Waals surface area contributed by atoms with Crippen LogP contribution in [0.3, 0.4) is 0 Å². The number of ether oxygens (including phenoxy) is 1. The first-order valence-corrected chi connectivity index (χ1v) is 9.87. The van der Waals surface area contributed by atoms with Gasteiger partial charge < -0.3 is 15.0 Å². The number of rotatable bonds is 6. The first-order valence-electron chi connectivity index (χ1n) is 9.10. The Morgan fingerprint density at radius 3 is 2.55 bits per heavy atom. The summed E-state index contributed by atoms with van der Waals surface area (Å²) < 4.78 is 50.3. The molecule has 0 radical (unpaired) electrons. The first kappa shape index (κ1) is 22.4. The van der Waals surface area contributed by atoms with E-state index in [0.29, 0.717) is 11.4 Å². The topological polar surface area (TPSA) is 93.1 Å². The van der Waals surface area contributed by atoms with Crippen molar-refractivity contribution < 1.29 is 22.7 Å². The van der Waals surface area contributed by atoms with Crippen LogP contribution in [-0.2, 0) is 11.0 Å². The highest BCUT2D eigenvalue weighted by molar-refractivity contribution is 7.09. The Balaban J connectivity index is 1.85. The van der Waals surface area contributed by atoms with Crippen LogP contribution in [0.25, 0.3) is 11.5 Å². The Bertz CT molecular complexity index is 1070. The number of nitrogens with one attached hydrogen (secondary N) is 1. The summed E-state index contributed by atoms with van der Waals surface area (Å²) in [6.07, 6.45) is -1.99. The van der Waals surface area contributed by atoms with E-state index in [1.165, 1.54) is 26.4 Å². The van der Waals surface area contributed by atoms with Crippen molar-refractivity contribution in [1.82, 2.24) is 19.3 Å². The standard InChI is InChI=1S/C19H19F3N6O2S/c1-10(2)30-13-5-6-15(23-9-13)17-26-18(31-27-17)25-16-14(19(20,21)22)7-12(8-24-16)28(4)11(3)29/h5-10H,1-4H3,(H,24,25,26,27). The van der Waals surface area contributed by atoms with Gasteiger partial charge in [-0.2, -0.15) is 22.5 Å². The van der Waals surface area contributed by atoms with Crippen molar-refractivity contribution in [2.45, 2.75) is 33.1 Å². The lowest BCUT2D eigenvalue weighted by Gasteiger charge is -2.18. The van der Waals surface area contributed by atoms with Crippen LogP contribution in [0.4, 0.5) is 29.8 Å². The molecule has 3 aromatic heterocycles. The molecule has 1 amide bonds. The second kappa shape index (κ2) is 8.84. The smallest absolute Gasteiger partial charge is 0.420 e. The molecule has 8 nitrogen and oxygen atoms in total. The molecular weight excluding hydrogens is 433 g/mol. The lowest BCUT2D eigenvalue weighted by molar-refractivity contribution is -0.137. The van der Waals surface area contributed by atoms with Gasteiger partial charge in [0.1, 0.15) is 22.8 Å². The number of hydrogen-bond donors (Lipinski definition) is 1. The van der Waals surface area contributed by atoms with Crippen LogP contribution in [0.5, 0.6) is 5.75 Å². The number of aromatic nitrogens is 4. The lowest BCUT2D eigenvalue weighted by atomic mass is 10.2. The molecule has 3 heterocycles. The fraction of sp³-hybridized carbons (Fsp3) is 0.316. The molecule has 164 valence electrons. The average molecular weight is 452 g/mol. The highest BCUT2D eigenvalue weighted by Crippen LogP contribution is 2.37. The van der Waals surface area contributed by atoms with Crippen molar-refractivity contribution in [3.63, 3.8) is 0 Å². The molecule has 0 saturated heterocycles. The molecule has 3 rings (SSSR count). The van der Waals surface area contributed by atoms with Crippen molar-refractivity contribution in [2.75, 3.05) is 17.3 Å². The number of anilines is 3. The predicted molar refractivity (Wildman–Crippen MR) is 111 cm³/mol. The van der Waals surface area contributed by atoms with E-state index in [-0.39, 0.29) is 22.7 Å². The van der Waals surface area contributed by atoms with Gasteiger partial charge in [-0.3, -0.25) is 4.79 Å². The van der Waals surface area contributed by atoms with Crippen molar-refractivity contribution in [2.24, 2.45) is 0 Å². The number of nitrogens with zero attached hydrogens (tertiary/aromatic N) is 5. The fourth-order valence-corrected chi connectivity index (χ4v) is 3.05. The summed E-state index contributed by atoms with van der Waals surface area (Å²) >= 11 is 0.873. The van der Waals surface area contributed by atoms with E-state index in [9.17, 15) is 18.0 Å². The minimum absolute atomic E-state index is 0.00204. The molecule has 0 atom stereocenters. The quantitative estimate of drug-likeness (QED) is 0.587. The normalized spacial score (nSPS) is 11.5. The SMILES string of the molecule is CC(=O)N(C)c1cnc(Nc2nc(-c3ccc(OC(C)C)cn3)ns2)c(C(F)(F)F)c1. The summed E-state index contributed by atoms with van der Waals surface area (Å²) in [5.41, 5.74) is -0.553. The molecule has 31 heavy (non-hydrogen) atoms. The highest BCUT2D eigenvalue weighted by Gasteiger charge is 2.35. The van der Waals surface area contributed by atoms with Gasteiger partial charge in [-0.15, -0.1) is 0 Å². The van der Waals surface area contributed by atoms with E-state index in [1.807, 2.05) is 13.8 Å². The van der Waals surface area contributed by atoms with Crippen LogP contribution in [0.1, 0.15) is 26.3 Å². The molecule has 0 aliphatic heterocycles. The van der Waals surface area contributed by atoms with Gasteiger partial charge in [-0.05, 0) is 32.0 Å². The monoisotopic (exact) mass is 452 g/mol. The maximum Gasteiger partial charge on any atom is 0.420 e. The fourth-order valence-electron chi connectivity index (χ4n) is 2.47. The third kappa shape index (κ3) is 5.45. The summed E-state index contributed by atoms with van der Waals surface area (Å²) in [6.45, 7) is 5.03. The Labute approximate surface area is 180 Å². The number of hydrogen-bond acceptors (Lipinski definition) is 8. The molecule has 0 spiro atoms. The van der Waals surface area contributed by atoms with E-state index < -0.39 is 23.5 Å². The second-order valence-electron chi connectivity index (χ2n) is 6.76. The third-order valence-corrected chi connectivity index (χ3v) is 4.66. The maximum atomic E-state index is 13.6. The summed E-state index contributed by atoms with van der Waals surface area (Å²) in [4.78, 5) is 24.8.